The molecule has 0 aliphatic carbocycles. The zero-order chi connectivity index (χ0) is 14.3. The maximum atomic E-state index is 12.6. The monoisotopic (exact) mass is 332 g/mol. The van der Waals surface area contributed by atoms with E-state index in [2.05, 4.69) is 15.9 Å². The number of anilines is 1. The van der Waals surface area contributed by atoms with E-state index in [1.165, 1.54) is 16.2 Å². The van der Waals surface area contributed by atoms with Gasteiger partial charge in [0.15, 0.2) is 0 Å². The normalized spacial score (nSPS) is 13.4. The number of pyridine rings is 1. The highest BCUT2D eigenvalue weighted by atomic mass is 79.9. The maximum absolute atomic E-state index is 12.6. The third-order valence-corrected chi connectivity index (χ3v) is 4.01. The lowest BCUT2D eigenvalue weighted by Gasteiger charge is -2.17. The number of carbonyl (C=O) groups is 1. The first-order valence-corrected chi connectivity index (χ1v) is 7.12. The molecule has 0 spiro atoms. The lowest BCUT2D eigenvalue weighted by molar-refractivity contribution is 0.0988. The third-order valence-electron chi connectivity index (χ3n) is 3.52. The average Bonchev–Trinajstić information content (AvgIpc) is 2.84. The Bertz CT molecular complexity index is 752. The molecule has 1 aliphatic heterocycles. The molecule has 0 unspecified atom stereocenters. The molecule has 0 radical (unpaired) electrons. The minimum atomic E-state index is -0.119. The van der Waals surface area contributed by atoms with Gasteiger partial charge in [0, 0.05) is 36.0 Å². The van der Waals surface area contributed by atoms with Gasteiger partial charge in [-0.25, -0.2) is 0 Å². The topological polar surface area (TPSA) is 42.3 Å². The highest BCUT2D eigenvalue weighted by Gasteiger charge is 2.25. The Morgan fingerprint density at radius 1 is 1.25 bits per heavy atom. The van der Waals surface area contributed by atoms with E-state index in [1.807, 2.05) is 18.2 Å². The predicted molar refractivity (Wildman–Crippen MR) is 81.2 cm³/mol. The Kier molecular flexibility index (Phi) is 3.22. The van der Waals surface area contributed by atoms with E-state index in [-0.39, 0.29) is 11.5 Å². The number of carbonyl (C=O) groups excluding carboxylic acids is 1. The predicted octanol–water partition coefficient (Wildman–Crippen LogP) is 2.35. The summed E-state index contributed by atoms with van der Waals surface area (Å²) in [5, 5.41) is 0. The van der Waals surface area contributed by atoms with Crippen molar-refractivity contribution < 1.29 is 4.79 Å². The second kappa shape index (κ2) is 4.90. The first-order chi connectivity index (χ1) is 9.56. The van der Waals surface area contributed by atoms with E-state index in [9.17, 15) is 9.59 Å². The molecule has 102 valence electrons. The van der Waals surface area contributed by atoms with Crippen LogP contribution in [0.4, 0.5) is 5.69 Å². The largest absolute Gasteiger partial charge is 0.318 e. The summed E-state index contributed by atoms with van der Waals surface area (Å²) in [7, 11) is 1.65. The van der Waals surface area contributed by atoms with Gasteiger partial charge in [0.1, 0.15) is 0 Å². The van der Waals surface area contributed by atoms with Gasteiger partial charge in [-0.2, -0.15) is 0 Å². The number of benzene rings is 1. The summed E-state index contributed by atoms with van der Waals surface area (Å²) in [6.45, 7) is 0.674. The molecule has 5 heteroatoms. The van der Waals surface area contributed by atoms with Crippen molar-refractivity contribution in [2.45, 2.75) is 6.42 Å². The third kappa shape index (κ3) is 2.18. The summed E-state index contributed by atoms with van der Waals surface area (Å²) in [5.41, 5.74) is 2.52. The van der Waals surface area contributed by atoms with Crippen LogP contribution in [0.25, 0.3) is 0 Å². The highest BCUT2D eigenvalue weighted by Crippen LogP contribution is 2.31. The number of fused-ring (bicyclic) bond motifs is 1. The lowest BCUT2D eigenvalue weighted by Crippen LogP contribution is -2.30. The SMILES string of the molecule is Cn1cc(C(=O)N2CCc3ccc(Br)cc32)ccc1=O. The van der Waals surface area contributed by atoms with Crippen LogP contribution in [-0.4, -0.2) is 17.0 Å². The van der Waals surface area contributed by atoms with E-state index >= 15 is 0 Å². The molecule has 0 N–H and O–H groups in total. The van der Waals surface area contributed by atoms with Gasteiger partial charge in [0.2, 0.25) is 5.56 Å². The van der Waals surface area contributed by atoms with Crippen LogP contribution >= 0.6 is 15.9 Å². The fourth-order valence-corrected chi connectivity index (χ4v) is 2.79. The molecule has 20 heavy (non-hydrogen) atoms. The summed E-state index contributed by atoms with van der Waals surface area (Å²) in [4.78, 5) is 25.7. The van der Waals surface area contributed by atoms with Crippen molar-refractivity contribution in [3.05, 3.63) is 62.5 Å². The molecule has 4 nitrogen and oxygen atoms in total. The van der Waals surface area contributed by atoms with Crippen molar-refractivity contribution in [2.75, 3.05) is 11.4 Å². The van der Waals surface area contributed by atoms with Crippen LogP contribution in [0.5, 0.6) is 0 Å². The van der Waals surface area contributed by atoms with Gasteiger partial charge in [-0.05, 0) is 30.2 Å². The Morgan fingerprint density at radius 2 is 2.05 bits per heavy atom. The number of hydrogen-bond donors (Lipinski definition) is 0. The van der Waals surface area contributed by atoms with Gasteiger partial charge in [-0.1, -0.05) is 22.0 Å². The molecule has 3 rings (SSSR count). The van der Waals surface area contributed by atoms with Gasteiger partial charge < -0.3 is 9.47 Å². The molecule has 2 aromatic rings. The first kappa shape index (κ1) is 13.1. The van der Waals surface area contributed by atoms with E-state index in [1.54, 1.807) is 24.2 Å². The van der Waals surface area contributed by atoms with Gasteiger partial charge in [0.25, 0.3) is 5.91 Å². The molecular weight excluding hydrogens is 320 g/mol. The number of aromatic nitrogens is 1. The standard InChI is InChI=1S/C15H13BrN2O2/c1-17-9-11(3-5-14(17)19)15(20)18-7-6-10-2-4-12(16)8-13(10)18/h2-5,8-9H,6-7H2,1H3. The van der Waals surface area contributed by atoms with Gasteiger partial charge in [-0.15, -0.1) is 0 Å². The summed E-state index contributed by atoms with van der Waals surface area (Å²) in [5.74, 6) is -0.0718. The fourth-order valence-electron chi connectivity index (χ4n) is 2.44. The number of amides is 1. The van der Waals surface area contributed by atoms with Gasteiger partial charge in [0.05, 0.1) is 5.56 Å². The number of nitrogens with zero attached hydrogens (tertiary/aromatic N) is 2. The molecular formula is C15H13BrN2O2. The molecule has 1 aromatic carbocycles. The molecule has 0 saturated carbocycles. The van der Waals surface area contributed by atoms with E-state index in [4.69, 9.17) is 0 Å². The number of halogens is 1. The zero-order valence-corrected chi connectivity index (χ0v) is 12.6. The first-order valence-electron chi connectivity index (χ1n) is 6.33. The van der Waals surface area contributed by atoms with Gasteiger partial charge in [-0.3, -0.25) is 9.59 Å². The van der Waals surface area contributed by atoms with Crippen LogP contribution in [0.15, 0.2) is 45.8 Å². The van der Waals surface area contributed by atoms with Crippen LogP contribution in [0.3, 0.4) is 0 Å². The molecule has 1 aromatic heterocycles. The highest BCUT2D eigenvalue weighted by molar-refractivity contribution is 9.10. The number of hydrogen-bond acceptors (Lipinski definition) is 2. The van der Waals surface area contributed by atoms with Crippen LogP contribution in [0.2, 0.25) is 0 Å². The number of rotatable bonds is 1. The molecule has 0 atom stereocenters. The Labute approximate surface area is 124 Å². The van der Waals surface area contributed by atoms with Crippen LogP contribution < -0.4 is 10.5 Å². The molecule has 1 aliphatic rings. The number of aryl methyl sites for hydroxylation is 1. The minimum Gasteiger partial charge on any atom is -0.318 e. The minimum absolute atomic E-state index is 0.0718. The van der Waals surface area contributed by atoms with Crippen LogP contribution in [-0.2, 0) is 13.5 Å². The van der Waals surface area contributed by atoms with E-state index < -0.39 is 0 Å². The van der Waals surface area contributed by atoms with Crippen molar-refractivity contribution in [1.82, 2.24) is 4.57 Å². The van der Waals surface area contributed by atoms with Crippen molar-refractivity contribution in [2.24, 2.45) is 7.05 Å². The average molecular weight is 333 g/mol. The molecule has 0 bridgehead atoms. The van der Waals surface area contributed by atoms with Crippen molar-refractivity contribution in [1.29, 1.82) is 0 Å². The van der Waals surface area contributed by atoms with Crippen LogP contribution in [0.1, 0.15) is 15.9 Å². The smallest absolute Gasteiger partial charge is 0.259 e. The summed E-state index contributed by atoms with van der Waals surface area (Å²) >= 11 is 3.44. The Hall–Kier alpha value is -1.88. The Morgan fingerprint density at radius 3 is 2.80 bits per heavy atom. The second-order valence-electron chi connectivity index (χ2n) is 4.85. The van der Waals surface area contributed by atoms with E-state index in [0.717, 1.165) is 16.6 Å². The molecule has 0 saturated heterocycles. The second-order valence-corrected chi connectivity index (χ2v) is 5.76. The fraction of sp³-hybridized carbons (Fsp3) is 0.200. The summed E-state index contributed by atoms with van der Waals surface area (Å²) in [6.07, 6.45) is 2.45. The summed E-state index contributed by atoms with van der Waals surface area (Å²) < 4.78 is 2.38. The Balaban J connectivity index is 1.99. The quantitative estimate of drug-likeness (QED) is 0.804. The molecule has 0 fully saturated rings. The van der Waals surface area contributed by atoms with Crippen molar-refractivity contribution in [3.8, 4) is 0 Å². The van der Waals surface area contributed by atoms with Crippen molar-refractivity contribution in [3.63, 3.8) is 0 Å². The van der Waals surface area contributed by atoms with Crippen molar-refractivity contribution >= 4 is 27.5 Å². The maximum Gasteiger partial charge on any atom is 0.259 e. The molecule has 2 heterocycles. The van der Waals surface area contributed by atoms with E-state index in [0.29, 0.717) is 12.1 Å². The van der Waals surface area contributed by atoms with Gasteiger partial charge >= 0.3 is 0 Å². The van der Waals surface area contributed by atoms with Crippen LogP contribution in [0, 0.1) is 0 Å². The lowest BCUT2D eigenvalue weighted by atomic mass is 10.2. The zero-order valence-electron chi connectivity index (χ0n) is 11.0. The molecule has 1 amide bonds. The summed E-state index contributed by atoms with van der Waals surface area (Å²) in [6, 6.07) is 8.99.